The average molecular weight is 262 g/mol. The molecule has 1 atom stereocenters. The summed E-state index contributed by atoms with van der Waals surface area (Å²) in [6.07, 6.45) is 0. The topological polar surface area (TPSA) is 21.3 Å². The van der Waals surface area contributed by atoms with Gasteiger partial charge in [-0.3, -0.25) is 0 Å². The van der Waals surface area contributed by atoms with Gasteiger partial charge in [0.15, 0.2) is 0 Å². The number of nitrogens with one attached hydrogen (secondary N) is 1. The van der Waals surface area contributed by atoms with Gasteiger partial charge in [0.05, 0.1) is 11.6 Å². The first-order valence-electron chi connectivity index (χ1n) is 5.42. The molecule has 0 saturated carbocycles. The molecular formula is C12H17Cl2NO. The van der Waals surface area contributed by atoms with Crippen molar-refractivity contribution in [3.8, 4) is 5.75 Å². The van der Waals surface area contributed by atoms with Crippen LogP contribution >= 0.6 is 23.2 Å². The van der Waals surface area contributed by atoms with E-state index in [0.717, 1.165) is 13.1 Å². The van der Waals surface area contributed by atoms with E-state index >= 15 is 0 Å². The van der Waals surface area contributed by atoms with Crippen molar-refractivity contribution in [1.82, 2.24) is 5.32 Å². The van der Waals surface area contributed by atoms with E-state index in [2.05, 4.69) is 19.2 Å². The summed E-state index contributed by atoms with van der Waals surface area (Å²) in [5, 5.41) is 4.28. The molecule has 1 aromatic rings. The van der Waals surface area contributed by atoms with Crippen molar-refractivity contribution in [2.45, 2.75) is 13.8 Å². The van der Waals surface area contributed by atoms with Crippen LogP contribution in [0.4, 0.5) is 0 Å². The lowest BCUT2D eigenvalue weighted by Gasteiger charge is -2.14. The standard InChI is InChI=1S/C12H17Cl2NO/c1-3-15-7-9(2)8-16-11-6-4-5-10(13)12(11)14/h4-6,9,15H,3,7-8H2,1-2H3. The summed E-state index contributed by atoms with van der Waals surface area (Å²) < 4.78 is 5.62. The van der Waals surface area contributed by atoms with Crippen LogP contribution in [0.2, 0.25) is 10.0 Å². The molecule has 0 aromatic heterocycles. The Morgan fingerprint density at radius 3 is 2.81 bits per heavy atom. The Balaban J connectivity index is 2.45. The summed E-state index contributed by atoms with van der Waals surface area (Å²) in [5.74, 6) is 1.09. The van der Waals surface area contributed by atoms with Gasteiger partial charge in [-0.2, -0.15) is 0 Å². The fourth-order valence-corrected chi connectivity index (χ4v) is 1.62. The van der Waals surface area contributed by atoms with Gasteiger partial charge < -0.3 is 10.1 Å². The number of rotatable bonds is 6. The molecule has 0 saturated heterocycles. The molecule has 0 aliphatic heterocycles. The molecule has 1 N–H and O–H groups in total. The summed E-state index contributed by atoms with van der Waals surface area (Å²) >= 11 is 11.9. The number of benzene rings is 1. The van der Waals surface area contributed by atoms with Crippen LogP contribution in [0.5, 0.6) is 5.75 Å². The molecule has 0 radical (unpaired) electrons. The zero-order valence-electron chi connectivity index (χ0n) is 9.59. The number of ether oxygens (including phenoxy) is 1. The van der Waals surface area contributed by atoms with Crippen LogP contribution in [0.15, 0.2) is 18.2 Å². The number of halogens is 2. The summed E-state index contributed by atoms with van der Waals surface area (Å²) in [6, 6.07) is 5.41. The van der Waals surface area contributed by atoms with Crippen molar-refractivity contribution in [2.24, 2.45) is 5.92 Å². The second-order valence-corrected chi connectivity index (χ2v) is 4.56. The van der Waals surface area contributed by atoms with Crippen LogP contribution < -0.4 is 10.1 Å². The van der Waals surface area contributed by atoms with Gasteiger partial charge >= 0.3 is 0 Å². The molecule has 2 nitrogen and oxygen atoms in total. The lowest BCUT2D eigenvalue weighted by atomic mass is 10.2. The van der Waals surface area contributed by atoms with Crippen molar-refractivity contribution in [3.63, 3.8) is 0 Å². The Morgan fingerprint density at radius 1 is 1.38 bits per heavy atom. The van der Waals surface area contributed by atoms with E-state index in [0.29, 0.717) is 28.3 Å². The van der Waals surface area contributed by atoms with E-state index in [1.807, 2.05) is 12.1 Å². The quantitative estimate of drug-likeness (QED) is 0.845. The maximum Gasteiger partial charge on any atom is 0.139 e. The lowest BCUT2D eigenvalue weighted by Crippen LogP contribution is -2.24. The van der Waals surface area contributed by atoms with Crippen molar-refractivity contribution in [2.75, 3.05) is 19.7 Å². The molecule has 1 aromatic carbocycles. The van der Waals surface area contributed by atoms with Gasteiger partial charge in [0.2, 0.25) is 0 Å². The first-order chi connectivity index (χ1) is 7.65. The third kappa shape index (κ3) is 4.20. The molecule has 0 spiro atoms. The molecule has 0 fully saturated rings. The minimum atomic E-state index is 0.440. The van der Waals surface area contributed by atoms with Crippen molar-refractivity contribution >= 4 is 23.2 Å². The summed E-state index contributed by atoms with van der Waals surface area (Å²) in [6.45, 7) is 6.76. The molecule has 0 heterocycles. The largest absolute Gasteiger partial charge is 0.492 e. The first kappa shape index (κ1) is 13.6. The molecule has 0 aliphatic rings. The van der Waals surface area contributed by atoms with E-state index in [-0.39, 0.29) is 0 Å². The fourth-order valence-electron chi connectivity index (χ4n) is 1.28. The van der Waals surface area contributed by atoms with Crippen molar-refractivity contribution < 1.29 is 4.74 Å². The van der Waals surface area contributed by atoms with Gasteiger partial charge in [-0.15, -0.1) is 0 Å². The Bertz CT molecular complexity index is 331. The summed E-state index contributed by atoms with van der Waals surface area (Å²) in [5.41, 5.74) is 0. The van der Waals surface area contributed by atoms with Gasteiger partial charge in [-0.1, -0.05) is 43.1 Å². The third-order valence-corrected chi connectivity index (χ3v) is 2.98. The molecule has 0 amide bonds. The predicted octanol–water partition coefficient (Wildman–Crippen LogP) is 3.62. The van der Waals surface area contributed by atoms with Crippen molar-refractivity contribution in [3.05, 3.63) is 28.2 Å². The van der Waals surface area contributed by atoms with Gasteiger partial charge in [-0.25, -0.2) is 0 Å². The monoisotopic (exact) mass is 261 g/mol. The van der Waals surface area contributed by atoms with E-state index in [9.17, 15) is 0 Å². The highest BCUT2D eigenvalue weighted by molar-refractivity contribution is 6.42. The Labute approximate surface area is 107 Å². The molecule has 1 rings (SSSR count). The Kier molecular flexibility index (Phi) is 5.96. The van der Waals surface area contributed by atoms with Gasteiger partial charge in [0.1, 0.15) is 10.8 Å². The van der Waals surface area contributed by atoms with E-state index in [1.54, 1.807) is 6.07 Å². The molecule has 16 heavy (non-hydrogen) atoms. The molecular weight excluding hydrogens is 245 g/mol. The highest BCUT2D eigenvalue weighted by Crippen LogP contribution is 2.31. The van der Waals surface area contributed by atoms with Crippen LogP contribution in [-0.4, -0.2) is 19.7 Å². The smallest absolute Gasteiger partial charge is 0.139 e. The molecule has 0 bridgehead atoms. The van der Waals surface area contributed by atoms with E-state index in [1.165, 1.54) is 0 Å². The highest BCUT2D eigenvalue weighted by Gasteiger charge is 2.07. The van der Waals surface area contributed by atoms with Crippen LogP contribution in [0.3, 0.4) is 0 Å². The van der Waals surface area contributed by atoms with Crippen LogP contribution in [0.1, 0.15) is 13.8 Å². The van der Waals surface area contributed by atoms with E-state index < -0.39 is 0 Å². The number of hydrogen-bond acceptors (Lipinski definition) is 2. The molecule has 90 valence electrons. The van der Waals surface area contributed by atoms with Crippen LogP contribution in [0.25, 0.3) is 0 Å². The van der Waals surface area contributed by atoms with E-state index in [4.69, 9.17) is 27.9 Å². The average Bonchev–Trinajstić information content (AvgIpc) is 2.28. The van der Waals surface area contributed by atoms with Gasteiger partial charge in [0.25, 0.3) is 0 Å². The first-order valence-corrected chi connectivity index (χ1v) is 6.18. The molecule has 4 heteroatoms. The minimum absolute atomic E-state index is 0.440. The predicted molar refractivity (Wildman–Crippen MR) is 69.7 cm³/mol. The highest BCUT2D eigenvalue weighted by atomic mass is 35.5. The van der Waals surface area contributed by atoms with Crippen LogP contribution in [-0.2, 0) is 0 Å². The number of hydrogen-bond donors (Lipinski definition) is 1. The lowest BCUT2D eigenvalue weighted by molar-refractivity contribution is 0.256. The second-order valence-electron chi connectivity index (χ2n) is 3.78. The minimum Gasteiger partial charge on any atom is -0.492 e. The Morgan fingerprint density at radius 2 is 2.12 bits per heavy atom. The molecule has 1 unspecified atom stereocenters. The SMILES string of the molecule is CCNCC(C)COc1cccc(Cl)c1Cl. The maximum atomic E-state index is 6.01. The summed E-state index contributed by atoms with van der Waals surface area (Å²) in [4.78, 5) is 0. The maximum absolute atomic E-state index is 6.01. The van der Waals surface area contributed by atoms with Gasteiger partial charge in [0, 0.05) is 12.5 Å². The Hall–Kier alpha value is -0.440. The second kappa shape index (κ2) is 7.00. The normalized spacial score (nSPS) is 12.5. The third-order valence-electron chi connectivity index (χ3n) is 2.18. The fraction of sp³-hybridized carbons (Fsp3) is 0.500. The van der Waals surface area contributed by atoms with Gasteiger partial charge in [-0.05, 0) is 18.7 Å². The zero-order chi connectivity index (χ0) is 12.0. The zero-order valence-corrected chi connectivity index (χ0v) is 11.1. The molecule has 0 aliphatic carbocycles. The van der Waals surface area contributed by atoms with Crippen LogP contribution in [0, 0.1) is 5.92 Å². The summed E-state index contributed by atoms with van der Waals surface area (Å²) in [7, 11) is 0. The van der Waals surface area contributed by atoms with Crippen molar-refractivity contribution in [1.29, 1.82) is 0 Å².